The molecule has 12 heteroatoms. The number of aliphatic hydroxyl groups is 1. The number of hydrogen-bond donors (Lipinski definition) is 6. The lowest BCUT2D eigenvalue weighted by molar-refractivity contribution is -0.135. The van der Waals surface area contributed by atoms with E-state index in [9.17, 15) is 33.9 Å². The zero-order chi connectivity index (χ0) is 28.8. The van der Waals surface area contributed by atoms with Gasteiger partial charge in [-0.25, -0.2) is 0 Å². The van der Waals surface area contributed by atoms with Crippen LogP contribution in [0.3, 0.4) is 0 Å². The van der Waals surface area contributed by atoms with E-state index in [-0.39, 0.29) is 49.2 Å². The number of amides is 5. The summed E-state index contributed by atoms with van der Waals surface area (Å²) in [5.74, 6) is -3.40. The van der Waals surface area contributed by atoms with Gasteiger partial charge in [0.1, 0.15) is 23.9 Å². The predicted molar refractivity (Wildman–Crippen MR) is 138 cm³/mol. The van der Waals surface area contributed by atoms with E-state index in [0.29, 0.717) is 19.3 Å². The minimum atomic E-state index is -1.06. The summed E-state index contributed by atoms with van der Waals surface area (Å²) in [5, 5.41) is 20.9. The molecule has 0 spiro atoms. The maximum Gasteiger partial charge on any atom is 0.243 e. The first-order chi connectivity index (χ1) is 17.7. The number of Topliss-reactive ketones (excluding diaryl/α,β-unsaturated/α-hetero) is 1. The number of aliphatic hydroxyl groups excluding tert-OH is 1. The van der Waals surface area contributed by atoms with Gasteiger partial charge in [0.2, 0.25) is 29.5 Å². The van der Waals surface area contributed by atoms with Crippen molar-refractivity contribution in [3.8, 4) is 0 Å². The summed E-state index contributed by atoms with van der Waals surface area (Å²) in [6.45, 7) is 8.81. The first-order valence-electron chi connectivity index (χ1n) is 13.4. The minimum Gasteiger partial charge on any atom is -0.393 e. The van der Waals surface area contributed by atoms with E-state index in [2.05, 4.69) is 21.3 Å². The molecule has 0 aromatic rings. The van der Waals surface area contributed by atoms with Crippen LogP contribution < -0.4 is 27.0 Å². The van der Waals surface area contributed by atoms with Gasteiger partial charge in [0.15, 0.2) is 0 Å². The smallest absolute Gasteiger partial charge is 0.243 e. The number of primary amides is 1. The Kier molecular flexibility index (Phi) is 10.8. The molecule has 0 bridgehead atoms. The number of fused-ring (bicyclic) bond motifs is 1. The summed E-state index contributed by atoms with van der Waals surface area (Å²) in [6, 6.07) is -2.97. The van der Waals surface area contributed by atoms with Crippen molar-refractivity contribution in [3.63, 3.8) is 0 Å². The molecule has 38 heavy (non-hydrogen) atoms. The first kappa shape index (κ1) is 31.2. The fourth-order valence-corrected chi connectivity index (χ4v) is 4.84. The van der Waals surface area contributed by atoms with Crippen LogP contribution in [-0.4, -0.2) is 70.2 Å². The lowest BCUT2D eigenvalue weighted by Crippen LogP contribution is -2.58. The number of rotatable bonds is 14. The average Bonchev–Trinajstić information content (AvgIpc) is 3.52. The van der Waals surface area contributed by atoms with Gasteiger partial charge < -0.3 is 32.1 Å². The predicted octanol–water partition coefficient (Wildman–Crippen LogP) is -0.583. The van der Waals surface area contributed by atoms with Gasteiger partial charge in [-0.2, -0.15) is 0 Å². The second-order valence-corrected chi connectivity index (χ2v) is 11.3. The number of ketones is 1. The molecule has 2 saturated carbocycles. The van der Waals surface area contributed by atoms with Gasteiger partial charge in [-0.1, -0.05) is 34.6 Å². The Balaban J connectivity index is 2.08. The molecule has 2 fully saturated rings. The van der Waals surface area contributed by atoms with Crippen LogP contribution in [-0.2, 0) is 28.8 Å². The molecule has 7 N–H and O–H groups in total. The van der Waals surface area contributed by atoms with E-state index in [0.717, 1.165) is 0 Å². The number of carbonyl (C=O) groups excluding carboxylic acids is 6. The molecule has 0 radical (unpaired) electrons. The van der Waals surface area contributed by atoms with Crippen LogP contribution in [0.2, 0.25) is 0 Å². The molecule has 0 aromatic heterocycles. The monoisotopic (exact) mass is 537 g/mol. The Morgan fingerprint density at radius 2 is 1.50 bits per heavy atom. The molecule has 6 atom stereocenters. The van der Waals surface area contributed by atoms with E-state index in [1.54, 1.807) is 20.8 Å². The summed E-state index contributed by atoms with van der Waals surface area (Å²) in [4.78, 5) is 74.9. The van der Waals surface area contributed by atoms with Crippen LogP contribution in [0.15, 0.2) is 0 Å². The van der Waals surface area contributed by atoms with Crippen LogP contribution in [0, 0.1) is 17.8 Å². The molecule has 0 aliphatic heterocycles. The standard InChI is InChI=1S/C26H43N5O7/c1-6-17(28-24(37)18(7-8-21(27)34)29-22(35)14(4)5)23(36)30-19(9-13(2)3)25(38)31-26-11-15(32)10-20(33)16(26)12-26/h13-19,32H,6-12H2,1-5H3,(H2,27,34)(H,28,37)(H,29,35)(H,30,36)(H,31,38)/t15-,16?,17+,18+,19?,26?/m1/s1. The summed E-state index contributed by atoms with van der Waals surface area (Å²) < 4.78 is 0. The van der Waals surface area contributed by atoms with Gasteiger partial charge in [0, 0.05) is 24.7 Å². The molecule has 2 rings (SSSR count). The van der Waals surface area contributed by atoms with Crippen molar-refractivity contribution in [2.75, 3.05) is 0 Å². The zero-order valence-electron chi connectivity index (χ0n) is 23.0. The van der Waals surface area contributed by atoms with Crippen molar-refractivity contribution in [1.82, 2.24) is 21.3 Å². The summed E-state index contributed by atoms with van der Waals surface area (Å²) in [6.07, 6.45) is 0.424. The first-order valence-corrected chi connectivity index (χ1v) is 13.4. The Morgan fingerprint density at radius 1 is 0.921 bits per heavy atom. The highest BCUT2D eigenvalue weighted by Gasteiger charge is 2.62. The van der Waals surface area contributed by atoms with Crippen LogP contribution in [0.25, 0.3) is 0 Å². The number of carbonyl (C=O) groups is 6. The minimum absolute atomic E-state index is 0.0239. The number of hydrogen-bond acceptors (Lipinski definition) is 7. The van der Waals surface area contributed by atoms with Crippen LogP contribution in [0.4, 0.5) is 0 Å². The van der Waals surface area contributed by atoms with Gasteiger partial charge in [-0.05, 0) is 38.0 Å². The molecule has 5 amide bonds. The molecule has 0 heterocycles. The third-order valence-corrected chi connectivity index (χ3v) is 7.09. The third-order valence-electron chi connectivity index (χ3n) is 7.09. The lowest BCUT2D eigenvalue weighted by Gasteiger charge is -2.30. The fourth-order valence-electron chi connectivity index (χ4n) is 4.84. The zero-order valence-corrected chi connectivity index (χ0v) is 23.0. The van der Waals surface area contributed by atoms with Crippen LogP contribution in [0.1, 0.15) is 79.6 Å². The fraction of sp³-hybridized carbons (Fsp3) is 0.769. The van der Waals surface area contributed by atoms with Gasteiger partial charge in [-0.3, -0.25) is 28.8 Å². The molecular weight excluding hydrogens is 494 g/mol. The maximum absolute atomic E-state index is 13.2. The van der Waals surface area contributed by atoms with Crippen molar-refractivity contribution in [2.24, 2.45) is 23.5 Å². The Bertz CT molecular complexity index is 937. The Morgan fingerprint density at radius 3 is 2.05 bits per heavy atom. The summed E-state index contributed by atoms with van der Waals surface area (Å²) in [7, 11) is 0. The van der Waals surface area contributed by atoms with E-state index in [1.165, 1.54) is 0 Å². The van der Waals surface area contributed by atoms with Crippen LogP contribution in [0.5, 0.6) is 0 Å². The van der Waals surface area contributed by atoms with E-state index >= 15 is 0 Å². The highest BCUT2D eigenvalue weighted by molar-refractivity contribution is 5.95. The number of nitrogens with two attached hydrogens (primary N) is 1. The van der Waals surface area contributed by atoms with Gasteiger partial charge in [0.25, 0.3) is 0 Å². The average molecular weight is 538 g/mol. The molecule has 2 aliphatic rings. The van der Waals surface area contributed by atoms with Crippen molar-refractivity contribution in [3.05, 3.63) is 0 Å². The van der Waals surface area contributed by atoms with Crippen molar-refractivity contribution in [2.45, 2.75) is 109 Å². The summed E-state index contributed by atoms with van der Waals surface area (Å²) in [5.41, 5.74) is 4.44. The van der Waals surface area contributed by atoms with E-state index in [1.807, 2.05) is 13.8 Å². The highest BCUT2D eigenvalue weighted by Crippen LogP contribution is 2.51. The molecule has 12 nitrogen and oxygen atoms in total. The van der Waals surface area contributed by atoms with Gasteiger partial charge in [-0.15, -0.1) is 0 Å². The largest absolute Gasteiger partial charge is 0.393 e. The normalized spacial score (nSPS) is 24.6. The SMILES string of the molecule is CC[C@H](NC(=O)[C@H](CCC(N)=O)NC(=O)C(C)C)C(=O)NC(CC(C)C)C(=O)NC12CC1C(=O)C[C@@H](O)C2. The topological polar surface area (TPSA) is 197 Å². The number of nitrogens with one attached hydrogen (secondary N) is 4. The second-order valence-electron chi connectivity index (χ2n) is 11.3. The second kappa shape index (κ2) is 13.2. The molecule has 0 saturated heterocycles. The van der Waals surface area contributed by atoms with Crippen molar-refractivity contribution >= 4 is 35.3 Å². The quantitative estimate of drug-likeness (QED) is 0.170. The van der Waals surface area contributed by atoms with E-state index in [4.69, 9.17) is 5.73 Å². The molecule has 0 aromatic carbocycles. The third kappa shape index (κ3) is 8.50. The van der Waals surface area contributed by atoms with Gasteiger partial charge >= 0.3 is 0 Å². The van der Waals surface area contributed by atoms with Crippen LogP contribution >= 0.6 is 0 Å². The Hall–Kier alpha value is -3.02. The van der Waals surface area contributed by atoms with Crippen molar-refractivity contribution in [1.29, 1.82) is 0 Å². The van der Waals surface area contributed by atoms with Crippen molar-refractivity contribution < 1.29 is 33.9 Å². The van der Waals surface area contributed by atoms with Gasteiger partial charge in [0.05, 0.1) is 11.6 Å². The molecule has 2 aliphatic carbocycles. The maximum atomic E-state index is 13.2. The Labute approximate surface area is 223 Å². The lowest BCUT2D eigenvalue weighted by atomic mass is 9.91. The molecular formula is C26H43N5O7. The summed E-state index contributed by atoms with van der Waals surface area (Å²) >= 11 is 0. The molecule has 214 valence electrons. The molecule has 3 unspecified atom stereocenters. The van der Waals surface area contributed by atoms with E-state index < -0.39 is 59.3 Å². The highest BCUT2D eigenvalue weighted by atomic mass is 16.3.